The number of amides is 1. The SMILES string of the molecule is C=C(Br)CNC(=O)[C@H]1C[C@H](F)CN1.Cl. The number of alkyl halides is 1. The largest absolute Gasteiger partial charge is 0.350 e. The van der Waals surface area contributed by atoms with Crippen molar-refractivity contribution in [2.45, 2.75) is 18.6 Å². The zero-order valence-electron chi connectivity index (χ0n) is 7.56. The fourth-order valence-electron chi connectivity index (χ4n) is 1.20. The molecular weight excluding hydrogens is 274 g/mol. The molecule has 0 aromatic heterocycles. The summed E-state index contributed by atoms with van der Waals surface area (Å²) >= 11 is 3.12. The van der Waals surface area contributed by atoms with E-state index < -0.39 is 6.17 Å². The summed E-state index contributed by atoms with van der Waals surface area (Å²) in [5.74, 6) is -0.166. The molecule has 6 heteroatoms. The van der Waals surface area contributed by atoms with Gasteiger partial charge in [-0.05, 0) is 0 Å². The Morgan fingerprint density at radius 1 is 1.71 bits per heavy atom. The Bertz CT molecular complexity index is 227. The molecule has 1 aliphatic rings. The van der Waals surface area contributed by atoms with Crippen molar-refractivity contribution in [3.05, 3.63) is 11.1 Å². The summed E-state index contributed by atoms with van der Waals surface area (Å²) in [6.45, 7) is 4.23. The van der Waals surface area contributed by atoms with Gasteiger partial charge in [-0.2, -0.15) is 0 Å². The molecule has 1 rings (SSSR count). The Balaban J connectivity index is 0.00000169. The fourth-order valence-corrected chi connectivity index (χ4v) is 1.34. The minimum Gasteiger partial charge on any atom is -0.350 e. The summed E-state index contributed by atoms with van der Waals surface area (Å²) in [6.07, 6.45) is -0.636. The lowest BCUT2D eigenvalue weighted by Crippen LogP contribution is -2.40. The van der Waals surface area contributed by atoms with Crippen molar-refractivity contribution in [1.82, 2.24) is 10.6 Å². The maximum atomic E-state index is 12.7. The predicted octanol–water partition coefficient (Wildman–Crippen LogP) is 1.13. The molecule has 1 heterocycles. The quantitative estimate of drug-likeness (QED) is 0.817. The average molecular weight is 288 g/mol. The van der Waals surface area contributed by atoms with Crippen LogP contribution in [0.4, 0.5) is 4.39 Å². The summed E-state index contributed by atoms with van der Waals surface area (Å²) in [6, 6.07) is -0.387. The Hall–Kier alpha value is -0.130. The lowest BCUT2D eigenvalue weighted by Gasteiger charge is -2.09. The number of carbonyl (C=O) groups excluding carboxylic acids is 1. The van der Waals surface area contributed by atoms with Crippen LogP contribution < -0.4 is 10.6 Å². The molecule has 1 aliphatic heterocycles. The van der Waals surface area contributed by atoms with Gasteiger partial charge in [-0.15, -0.1) is 12.4 Å². The zero-order chi connectivity index (χ0) is 9.84. The summed E-state index contributed by atoms with van der Waals surface area (Å²) in [4.78, 5) is 11.3. The van der Waals surface area contributed by atoms with Gasteiger partial charge in [0, 0.05) is 24.0 Å². The topological polar surface area (TPSA) is 41.1 Å². The highest BCUT2D eigenvalue weighted by atomic mass is 79.9. The van der Waals surface area contributed by atoms with Gasteiger partial charge >= 0.3 is 0 Å². The standard InChI is InChI=1S/C8H12BrFN2O.ClH/c1-5(9)3-12-8(13)7-2-6(10)4-11-7;/h6-7,11H,1-4H2,(H,12,13);1H/t6-,7+;/m0./s1. The number of carbonyl (C=O) groups is 1. The molecule has 0 aliphatic carbocycles. The van der Waals surface area contributed by atoms with E-state index in [9.17, 15) is 9.18 Å². The second-order valence-electron chi connectivity index (χ2n) is 3.03. The Morgan fingerprint density at radius 3 is 2.79 bits per heavy atom. The highest BCUT2D eigenvalue weighted by Crippen LogP contribution is 2.09. The number of rotatable bonds is 3. The first-order chi connectivity index (χ1) is 6.09. The van der Waals surface area contributed by atoms with E-state index in [4.69, 9.17) is 0 Å². The number of hydrogen-bond donors (Lipinski definition) is 2. The van der Waals surface area contributed by atoms with E-state index in [0.717, 1.165) is 0 Å². The lowest BCUT2D eigenvalue weighted by molar-refractivity contribution is -0.122. The summed E-state index contributed by atoms with van der Waals surface area (Å²) in [7, 11) is 0. The van der Waals surface area contributed by atoms with Crippen molar-refractivity contribution >= 4 is 34.2 Å². The minimum atomic E-state index is -0.900. The van der Waals surface area contributed by atoms with E-state index in [0.29, 0.717) is 11.0 Å². The third-order valence-corrected chi connectivity index (χ3v) is 2.13. The van der Waals surface area contributed by atoms with Crippen LogP contribution in [0.1, 0.15) is 6.42 Å². The molecule has 2 N–H and O–H groups in total. The molecule has 0 aromatic rings. The van der Waals surface area contributed by atoms with E-state index in [-0.39, 0.29) is 37.3 Å². The van der Waals surface area contributed by atoms with E-state index in [1.165, 1.54) is 0 Å². The van der Waals surface area contributed by atoms with Crippen molar-refractivity contribution < 1.29 is 9.18 Å². The molecule has 0 aromatic carbocycles. The summed E-state index contributed by atoms with van der Waals surface area (Å²) in [5, 5.41) is 5.43. The molecule has 1 fully saturated rings. The van der Waals surface area contributed by atoms with Gasteiger partial charge in [0.2, 0.25) is 5.91 Å². The van der Waals surface area contributed by atoms with Crippen LogP contribution in [0.15, 0.2) is 11.1 Å². The number of nitrogens with one attached hydrogen (secondary N) is 2. The normalized spacial score (nSPS) is 25.3. The van der Waals surface area contributed by atoms with Gasteiger partial charge in [-0.3, -0.25) is 4.79 Å². The number of hydrogen-bond acceptors (Lipinski definition) is 2. The van der Waals surface area contributed by atoms with Crippen molar-refractivity contribution in [3.8, 4) is 0 Å². The van der Waals surface area contributed by atoms with Gasteiger partial charge < -0.3 is 10.6 Å². The van der Waals surface area contributed by atoms with Gasteiger partial charge in [-0.25, -0.2) is 4.39 Å². The first-order valence-corrected chi connectivity index (χ1v) is 4.87. The van der Waals surface area contributed by atoms with Gasteiger partial charge in [0.05, 0.1) is 6.04 Å². The van der Waals surface area contributed by atoms with Crippen molar-refractivity contribution in [1.29, 1.82) is 0 Å². The molecule has 1 saturated heterocycles. The smallest absolute Gasteiger partial charge is 0.237 e. The first kappa shape index (κ1) is 13.9. The van der Waals surface area contributed by atoms with E-state index >= 15 is 0 Å². The first-order valence-electron chi connectivity index (χ1n) is 4.08. The van der Waals surface area contributed by atoms with Crippen LogP contribution in [0.2, 0.25) is 0 Å². The fraction of sp³-hybridized carbons (Fsp3) is 0.625. The zero-order valence-corrected chi connectivity index (χ0v) is 9.96. The Morgan fingerprint density at radius 2 is 2.36 bits per heavy atom. The predicted molar refractivity (Wildman–Crippen MR) is 59.6 cm³/mol. The van der Waals surface area contributed by atoms with Gasteiger partial charge in [-0.1, -0.05) is 22.5 Å². The highest BCUT2D eigenvalue weighted by Gasteiger charge is 2.28. The molecule has 0 unspecified atom stereocenters. The summed E-state index contributed by atoms with van der Waals surface area (Å²) < 4.78 is 13.4. The molecule has 0 saturated carbocycles. The maximum absolute atomic E-state index is 12.7. The maximum Gasteiger partial charge on any atom is 0.237 e. The van der Waals surface area contributed by atoms with Crippen LogP contribution in [-0.2, 0) is 4.79 Å². The molecule has 82 valence electrons. The number of halogens is 3. The lowest BCUT2D eigenvalue weighted by atomic mass is 10.2. The van der Waals surface area contributed by atoms with Gasteiger partial charge in [0.1, 0.15) is 6.17 Å². The summed E-state index contributed by atoms with van der Waals surface area (Å²) in [5.41, 5.74) is 0. The molecular formula is C8H13BrClFN2O. The van der Waals surface area contributed by atoms with Crippen molar-refractivity contribution in [3.63, 3.8) is 0 Å². The third-order valence-electron chi connectivity index (χ3n) is 1.85. The van der Waals surface area contributed by atoms with Crippen LogP contribution in [0.3, 0.4) is 0 Å². The van der Waals surface area contributed by atoms with Crippen LogP contribution in [0, 0.1) is 0 Å². The van der Waals surface area contributed by atoms with Crippen molar-refractivity contribution in [2.75, 3.05) is 13.1 Å². The van der Waals surface area contributed by atoms with Crippen LogP contribution in [-0.4, -0.2) is 31.2 Å². The van der Waals surface area contributed by atoms with Crippen molar-refractivity contribution in [2.24, 2.45) is 0 Å². The molecule has 0 bridgehead atoms. The van der Waals surface area contributed by atoms with Gasteiger partial charge in [0.25, 0.3) is 0 Å². The van der Waals surface area contributed by atoms with E-state index in [1.54, 1.807) is 0 Å². The molecule has 0 spiro atoms. The molecule has 14 heavy (non-hydrogen) atoms. The minimum absolute atomic E-state index is 0. The second kappa shape index (κ2) is 6.37. The van der Waals surface area contributed by atoms with Gasteiger partial charge in [0.15, 0.2) is 0 Å². The Labute approximate surface area is 97.0 Å². The van der Waals surface area contributed by atoms with E-state index in [1.807, 2.05) is 0 Å². The van der Waals surface area contributed by atoms with E-state index in [2.05, 4.69) is 33.1 Å². The molecule has 2 atom stereocenters. The monoisotopic (exact) mass is 286 g/mol. The highest BCUT2D eigenvalue weighted by molar-refractivity contribution is 9.11. The third kappa shape index (κ3) is 4.39. The van der Waals surface area contributed by atoms with Crippen LogP contribution in [0.25, 0.3) is 0 Å². The molecule has 0 radical (unpaired) electrons. The molecule has 3 nitrogen and oxygen atoms in total. The Kier molecular flexibility index (Phi) is 6.31. The second-order valence-corrected chi connectivity index (χ2v) is 4.15. The average Bonchev–Trinajstić information content (AvgIpc) is 2.47. The van der Waals surface area contributed by atoms with Crippen LogP contribution >= 0.6 is 28.3 Å². The van der Waals surface area contributed by atoms with Crippen LogP contribution in [0.5, 0.6) is 0 Å². The molecule has 1 amide bonds.